The molecule has 2 atom stereocenters. The Kier molecular flexibility index (Phi) is 8.87. The summed E-state index contributed by atoms with van der Waals surface area (Å²) in [6, 6.07) is 11.8. The molecule has 1 aromatic heterocycles. The molecule has 1 aromatic carbocycles. The van der Waals surface area contributed by atoms with Crippen LogP contribution >= 0.6 is 20.2 Å². The van der Waals surface area contributed by atoms with Crippen LogP contribution < -0.4 is 0 Å². The zero-order valence-corrected chi connectivity index (χ0v) is 18.6. The van der Waals surface area contributed by atoms with Crippen molar-refractivity contribution < 1.29 is 18.8 Å². The topological polar surface area (TPSA) is 65.5 Å². The molecule has 7 heteroatoms. The molecule has 0 radical (unpaired) electrons. The van der Waals surface area contributed by atoms with Crippen LogP contribution in [0.2, 0.25) is 0 Å². The van der Waals surface area contributed by atoms with E-state index in [-0.39, 0.29) is 27.0 Å². The quantitative estimate of drug-likeness (QED) is 0.268. The van der Waals surface area contributed by atoms with Crippen LogP contribution in [0.1, 0.15) is 34.1 Å². The number of aromatic nitrogens is 1. The summed E-state index contributed by atoms with van der Waals surface area (Å²) in [5, 5.41) is 0.719. The average Bonchev–Trinajstić information content (AvgIpc) is 2.69. The fourth-order valence-electron chi connectivity index (χ4n) is 3.09. The first-order valence-electron chi connectivity index (χ1n) is 9.59. The van der Waals surface area contributed by atoms with E-state index >= 15 is 0 Å². The lowest BCUT2D eigenvalue weighted by Crippen LogP contribution is -2.44. The molecule has 152 valence electrons. The van der Waals surface area contributed by atoms with Crippen LogP contribution in [0.4, 0.5) is 0 Å². The third kappa shape index (κ3) is 5.76. The van der Waals surface area contributed by atoms with Crippen molar-refractivity contribution >= 4 is 37.1 Å². The van der Waals surface area contributed by atoms with Gasteiger partial charge in [0.15, 0.2) is 13.8 Å². The number of thioether (sulfide) groups is 1. The van der Waals surface area contributed by atoms with E-state index in [1.807, 2.05) is 57.2 Å². The molecule has 0 saturated heterocycles. The van der Waals surface area contributed by atoms with Gasteiger partial charge in [-0.25, -0.2) is 4.98 Å². The fourth-order valence-corrected chi connectivity index (χ4v) is 4.98. The minimum Gasteiger partial charge on any atom is -0.466 e. The molecule has 5 nitrogen and oxygen atoms in total. The Morgan fingerprint density at radius 2 is 1.93 bits per heavy atom. The molecule has 2 unspecified atom stereocenters. The highest BCUT2D eigenvalue weighted by Gasteiger charge is 2.46. The summed E-state index contributed by atoms with van der Waals surface area (Å²) < 4.78 is 23.5. The number of para-hydroxylation sites is 1. The Labute approximate surface area is 172 Å². The van der Waals surface area contributed by atoms with E-state index in [4.69, 9.17) is 9.47 Å². The number of benzene rings is 1. The van der Waals surface area contributed by atoms with E-state index in [1.54, 1.807) is 6.92 Å². The van der Waals surface area contributed by atoms with Crippen molar-refractivity contribution in [2.75, 3.05) is 19.0 Å². The van der Waals surface area contributed by atoms with E-state index < -0.39 is 11.3 Å². The van der Waals surface area contributed by atoms with Gasteiger partial charge in [0.25, 0.3) is 0 Å². The maximum absolute atomic E-state index is 12.7. The summed E-state index contributed by atoms with van der Waals surface area (Å²) in [5.74, 6) is -0.396. The summed E-state index contributed by atoms with van der Waals surface area (Å²) in [6.45, 7) is 8.32. The summed E-state index contributed by atoms with van der Waals surface area (Å²) >= 11 is 1.45. The van der Waals surface area contributed by atoms with Crippen molar-refractivity contribution in [3.63, 3.8) is 0 Å². The number of rotatable bonds is 11. The maximum Gasteiger partial charge on any atom is 0.312 e. The Morgan fingerprint density at radius 3 is 2.57 bits per heavy atom. The van der Waals surface area contributed by atoms with Crippen LogP contribution in [-0.2, 0) is 18.8 Å². The van der Waals surface area contributed by atoms with Crippen molar-refractivity contribution in [3.05, 3.63) is 36.4 Å². The molecule has 2 aromatic rings. The van der Waals surface area contributed by atoms with Crippen molar-refractivity contribution in [3.8, 4) is 0 Å². The van der Waals surface area contributed by atoms with Gasteiger partial charge in [-0.3, -0.25) is 9.36 Å². The summed E-state index contributed by atoms with van der Waals surface area (Å²) in [4.78, 5) is 17.3. The lowest BCUT2D eigenvalue weighted by Gasteiger charge is -2.34. The predicted molar refractivity (Wildman–Crippen MR) is 114 cm³/mol. The summed E-state index contributed by atoms with van der Waals surface area (Å²) in [6.07, 6.45) is 0.541. The van der Waals surface area contributed by atoms with Gasteiger partial charge in [-0.1, -0.05) is 38.1 Å². The van der Waals surface area contributed by atoms with Gasteiger partial charge in [0.1, 0.15) is 0 Å². The van der Waals surface area contributed by atoms with Crippen molar-refractivity contribution in [2.24, 2.45) is 11.8 Å². The number of carbonyl (C=O) groups is 1. The van der Waals surface area contributed by atoms with Crippen molar-refractivity contribution in [1.29, 1.82) is 0 Å². The third-order valence-corrected chi connectivity index (χ3v) is 6.59. The normalized spacial score (nSPS) is 14.9. The zero-order chi connectivity index (χ0) is 20.6. The molecule has 0 aliphatic carbocycles. The number of fused-ring (bicyclic) bond motifs is 1. The van der Waals surface area contributed by atoms with Gasteiger partial charge < -0.3 is 9.47 Å². The van der Waals surface area contributed by atoms with E-state index in [0.29, 0.717) is 18.8 Å². The number of ether oxygens (including phenoxy) is 2. The number of nitrogens with zero attached hydrogens (tertiary/aromatic N) is 1. The molecule has 0 spiro atoms. The van der Waals surface area contributed by atoms with Gasteiger partial charge in [0.05, 0.1) is 23.1 Å². The average molecular weight is 421 g/mol. The van der Waals surface area contributed by atoms with Gasteiger partial charge in [-0.15, -0.1) is 11.8 Å². The van der Waals surface area contributed by atoms with E-state index in [1.165, 1.54) is 11.8 Å². The lowest BCUT2D eigenvalue weighted by atomic mass is 9.92. The van der Waals surface area contributed by atoms with Gasteiger partial charge in [-0.2, -0.15) is 0 Å². The first kappa shape index (κ1) is 22.8. The van der Waals surface area contributed by atoms with Gasteiger partial charge in [0, 0.05) is 17.7 Å². The van der Waals surface area contributed by atoms with Gasteiger partial charge in [-0.05, 0) is 38.3 Å². The zero-order valence-electron chi connectivity index (χ0n) is 16.9. The lowest BCUT2D eigenvalue weighted by molar-refractivity contribution is -0.156. The minimum absolute atomic E-state index is 0.219. The Morgan fingerprint density at radius 1 is 1.18 bits per heavy atom. The fraction of sp³-hybridized carbons (Fsp3) is 0.524. The van der Waals surface area contributed by atoms with Crippen LogP contribution in [0.15, 0.2) is 41.4 Å². The third-order valence-electron chi connectivity index (χ3n) is 4.37. The highest BCUT2D eigenvalue weighted by Crippen LogP contribution is 2.42. The molecular weight excluding hydrogens is 393 g/mol. The van der Waals surface area contributed by atoms with Crippen LogP contribution in [0.5, 0.6) is 0 Å². The van der Waals surface area contributed by atoms with Crippen LogP contribution in [-0.4, -0.2) is 35.3 Å². The van der Waals surface area contributed by atoms with Crippen LogP contribution in [0.3, 0.4) is 0 Å². The Bertz CT molecular complexity index is 801. The number of pyridine rings is 1. The molecule has 1 heterocycles. The van der Waals surface area contributed by atoms with E-state index in [2.05, 4.69) is 4.98 Å². The Hall–Kier alpha value is -1.49. The highest BCUT2D eigenvalue weighted by molar-refractivity contribution is 7.99. The van der Waals surface area contributed by atoms with Crippen LogP contribution in [0, 0.1) is 11.8 Å². The molecule has 2 rings (SSSR count). The minimum atomic E-state index is -1.15. The molecule has 0 aliphatic rings. The number of carbonyl (C=O) groups excluding carboxylic acids is 1. The second kappa shape index (κ2) is 10.9. The standard InChI is InChI=1S/C21H28NO4PS/c1-5-25-20(23)17(13-15(3)4)21(27-24,26-6-2)14-28-19-12-11-16-9-7-8-10-18(16)22-19/h7-12,15,17H,5-6,13-14H2,1-4H3. The molecule has 0 fully saturated rings. The van der Waals surface area contributed by atoms with E-state index in [0.717, 1.165) is 15.9 Å². The summed E-state index contributed by atoms with van der Waals surface area (Å²) in [5.41, 5.74) is 0.901. The molecule has 0 aliphatic heterocycles. The molecule has 0 bridgehead atoms. The van der Waals surface area contributed by atoms with Gasteiger partial charge in [0.2, 0.25) is 0 Å². The monoisotopic (exact) mass is 421 g/mol. The molecule has 0 amide bonds. The molecule has 0 N–H and O–H groups in total. The van der Waals surface area contributed by atoms with E-state index in [9.17, 15) is 9.36 Å². The van der Waals surface area contributed by atoms with Gasteiger partial charge >= 0.3 is 5.97 Å². The SMILES string of the molecule is CCOC(=O)C(CC(C)C)C(CSc1ccc2ccccc2n1)(OCC)P=O. The smallest absolute Gasteiger partial charge is 0.312 e. The largest absolute Gasteiger partial charge is 0.466 e. The maximum atomic E-state index is 12.7. The number of hydrogen-bond acceptors (Lipinski definition) is 6. The first-order valence-corrected chi connectivity index (χ1v) is 11.4. The predicted octanol–water partition coefficient (Wildman–Crippen LogP) is 5.58. The first-order chi connectivity index (χ1) is 13.5. The Balaban J connectivity index is 2.30. The number of esters is 1. The molecule has 28 heavy (non-hydrogen) atoms. The molecule has 0 saturated carbocycles. The van der Waals surface area contributed by atoms with Crippen molar-refractivity contribution in [2.45, 2.75) is 44.5 Å². The number of hydrogen-bond donors (Lipinski definition) is 0. The van der Waals surface area contributed by atoms with Crippen LogP contribution in [0.25, 0.3) is 10.9 Å². The molecular formula is C21H28NO4PS. The van der Waals surface area contributed by atoms with Crippen molar-refractivity contribution in [1.82, 2.24) is 4.98 Å². The second-order valence-corrected chi connectivity index (χ2v) is 8.87. The summed E-state index contributed by atoms with van der Waals surface area (Å²) in [7, 11) is -0.219. The second-order valence-electron chi connectivity index (χ2n) is 6.93. The highest BCUT2D eigenvalue weighted by atomic mass is 32.2.